The van der Waals surface area contributed by atoms with E-state index in [0.29, 0.717) is 18.0 Å². The van der Waals surface area contributed by atoms with Crippen LogP contribution in [0.1, 0.15) is 12.5 Å². The van der Waals surface area contributed by atoms with Crippen molar-refractivity contribution in [2.75, 3.05) is 30.7 Å². The lowest BCUT2D eigenvalue weighted by atomic mass is 10.2. The molecular formula is C16H21N3O5S. The smallest absolute Gasteiger partial charge is 0.271 e. The summed E-state index contributed by atoms with van der Waals surface area (Å²) in [5.41, 5.74) is 1.44. The molecule has 0 saturated carbocycles. The lowest BCUT2D eigenvalue weighted by Gasteiger charge is -2.30. The maximum absolute atomic E-state index is 13.2. The fourth-order valence-electron chi connectivity index (χ4n) is 2.64. The molecule has 0 bridgehead atoms. The number of ether oxygens (including phenoxy) is 2. The van der Waals surface area contributed by atoms with E-state index in [1.807, 2.05) is 19.9 Å². The van der Waals surface area contributed by atoms with Gasteiger partial charge in [0.1, 0.15) is 19.0 Å². The number of rotatable bonds is 6. The largest absolute Gasteiger partial charge is 0.489 e. The second kappa shape index (κ2) is 6.93. The maximum atomic E-state index is 13.2. The van der Waals surface area contributed by atoms with Gasteiger partial charge < -0.3 is 14.6 Å². The van der Waals surface area contributed by atoms with Crippen LogP contribution in [0.4, 0.5) is 5.69 Å². The molecular weight excluding hydrogens is 346 g/mol. The van der Waals surface area contributed by atoms with E-state index in [4.69, 9.17) is 14.6 Å². The Kier molecular flexibility index (Phi) is 4.87. The minimum Gasteiger partial charge on any atom is -0.489 e. The highest BCUT2D eigenvalue weighted by Crippen LogP contribution is 2.37. The number of aromatic nitrogens is 2. The van der Waals surface area contributed by atoms with Gasteiger partial charge >= 0.3 is 0 Å². The molecule has 0 radical (unpaired) electrons. The predicted octanol–water partition coefficient (Wildman–Crippen LogP) is 1.17. The first-order valence-electron chi connectivity index (χ1n) is 8.04. The first kappa shape index (κ1) is 17.6. The van der Waals surface area contributed by atoms with Crippen LogP contribution in [0.5, 0.6) is 11.6 Å². The number of fused-ring (bicyclic) bond motifs is 1. The van der Waals surface area contributed by atoms with Crippen molar-refractivity contribution in [1.82, 2.24) is 9.78 Å². The Balaban J connectivity index is 2.06. The molecule has 0 aliphatic carbocycles. The lowest BCUT2D eigenvalue weighted by Crippen LogP contribution is -2.38. The van der Waals surface area contributed by atoms with Gasteiger partial charge in [-0.2, -0.15) is 0 Å². The molecule has 25 heavy (non-hydrogen) atoms. The molecule has 136 valence electrons. The van der Waals surface area contributed by atoms with Crippen molar-refractivity contribution in [1.29, 1.82) is 0 Å². The molecule has 1 aliphatic heterocycles. The zero-order chi connectivity index (χ0) is 18.0. The quantitative estimate of drug-likeness (QED) is 0.824. The maximum Gasteiger partial charge on any atom is 0.271 e. The van der Waals surface area contributed by atoms with Crippen LogP contribution in [-0.4, -0.2) is 49.7 Å². The summed E-state index contributed by atoms with van der Waals surface area (Å²) in [6.07, 6.45) is 1.45. The van der Waals surface area contributed by atoms with E-state index >= 15 is 0 Å². The van der Waals surface area contributed by atoms with Crippen LogP contribution in [0.15, 0.2) is 29.3 Å². The predicted molar refractivity (Wildman–Crippen MR) is 91.7 cm³/mol. The van der Waals surface area contributed by atoms with Crippen LogP contribution in [-0.2, 0) is 16.6 Å². The molecule has 1 aliphatic rings. The molecule has 9 heteroatoms. The monoisotopic (exact) mass is 367 g/mol. The minimum absolute atomic E-state index is 0.00315. The van der Waals surface area contributed by atoms with Crippen LogP contribution in [0.3, 0.4) is 0 Å². The Bertz CT molecular complexity index is 863. The molecule has 0 fully saturated rings. The van der Waals surface area contributed by atoms with E-state index in [2.05, 4.69) is 5.10 Å². The van der Waals surface area contributed by atoms with Gasteiger partial charge in [-0.3, -0.25) is 8.99 Å². The summed E-state index contributed by atoms with van der Waals surface area (Å²) >= 11 is 0. The molecule has 0 unspecified atom stereocenters. The molecule has 0 saturated heterocycles. The van der Waals surface area contributed by atoms with Gasteiger partial charge in [0.2, 0.25) is 0 Å². The normalized spacial score (nSPS) is 14.1. The number of nitrogens with zero attached hydrogens (tertiary/aromatic N) is 3. The Morgan fingerprint density at radius 3 is 2.92 bits per heavy atom. The summed E-state index contributed by atoms with van der Waals surface area (Å²) in [5, 5.41) is 13.1. The van der Waals surface area contributed by atoms with Gasteiger partial charge in [-0.15, -0.1) is 5.10 Å². The first-order valence-corrected chi connectivity index (χ1v) is 9.48. The number of anilines is 1. The van der Waals surface area contributed by atoms with Crippen LogP contribution in [0, 0.1) is 6.92 Å². The average Bonchev–Trinajstić information content (AvgIpc) is 3.03. The SMILES string of the molecule is CCn1cc(S(=O)(=O)N2CCOc3ccc(C)cc32)c(OCCO)n1. The van der Waals surface area contributed by atoms with Crippen molar-refractivity contribution < 1.29 is 23.0 Å². The van der Waals surface area contributed by atoms with Crippen LogP contribution in [0.25, 0.3) is 0 Å². The molecule has 0 amide bonds. The summed E-state index contributed by atoms with van der Waals surface area (Å²) < 4.78 is 40.2. The van der Waals surface area contributed by atoms with Gasteiger partial charge in [0, 0.05) is 12.7 Å². The highest BCUT2D eigenvalue weighted by molar-refractivity contribution is 7.93. The standard InChI is InChI=1S/C16H21N3O5S/c1-3-18-11-15(16(17-18)24-9-7-20)25(21,22)19-6-8-23-14-5-4-12(2)10-13(14)19/h4-5,10-11,20H,3,6-9H2,1-2H3. The van der Waals surface area contributed by atoms with Crippen LogP contribution < -0.4 is 13.8 Å². The van der Waals surface area contributed by atoms with Crippen molar-refractivity contribution in [2.45, 2.75) is 25.3 Å². The summed E-state index contributed by atoms with van der Waals surface area (Å²) in [7, 11) is -3.88. The van der Waals surface area contributed by atoms with Gasteiger partial charge in [0.25, 0.3) is 15.9 Å². The third-order valence-corrected chi connectivity index (χ3v) is 5.65. The van der Waals surface area contributed by atoms with Gasteiger partial charge in [0.15, 0.2) is 4.90 Å². The average molecular weight is 367 g/mol. The zero-order valence-corrected chi connectivity index (χ0v) is 15.0. The van der Waals surface area contributed by atoms with Crippen molar-refractivity contribution in [3.05, 3.63) is 30.0 Å². The van der Waals surface area contributed by atoms with Gasteiger partial charge in [-0.1, -0.05) is 6.07 Å². The summed E-state index contributed by atoms with van der Waals surface area (Å²) in [6.45, 7) is 4.47. The molecule has 3 rings (SSSR count). The third-order valence-electron chi connectivity index (χ3n) is 3.85. The van der Waals surface area contributed by atoms with Gasteiger partial charge in [-0.05, 0) is 31.5 Å². The van der Waals surface area contributed by atoms with E-state index in [1.54, 1.807) is 12.1 Å². The van der Waals surface area contributed by atoms with Crippen molar-refractivity contribution in [2.24, 2.45) is 0 Å². The molecule has 1 aromatic heterocycles. The van der Waals surface area contributed by atoms with E-state index < -0.39 is 10.0 Å². The molecule has 2 heterocycles. The zero-order valence-electron chi connectivity index (χ0n) is 14.2. The molecule has 2 aromatic rings. The number of benzene rings is 1. The van der Waals surface area contributed by atoms with Crippen molar-refractivity contribution in [3.8, 4) is 11.6 Å². The molecule has 0 atom stereocenters. The number of hydrogen-bond donors (Lipinski definition) is 1. The van der Waals surface area contributed by atoms with Gasteiger partial charge in [0.05, 0.1) is 18.8 Å². The van der Waals surface area contributed by atoms with E-state index in [0.717, 1.165) is 5.56 Å². The van der Waals surface area contributed by atoms with E-state index in [9.17, 15) is 8.42 Å². The second-order valence-corrected chi connectivity index (χ2v) is 7.45. The summed E-state index contributed by atoms with van der Waals surface area (Å²) in [6, 6.07) is 5.43. The molecule has 0 spiro atoms. The van der Waals surface area contributed by atoms with Crippen LogP contribution in [0.2, 0.25) is 0 Å². The third kappa shape index (κ3) is 3.29. The second-order valence-electron chi connectivity index (χ2n) is 5.62. The number of sulfonamides is 1. The molecule has 1 N–H and O–H groups in total. The Morgan fingerprint density at radius 2 is 2.20 bits per heavy atom. The number of hydrogen-bond acceptors (Lipinski definition) is 6. The number of aliphatic hydroxyl groups is 1. The number of aryl methyl sites for hydroxylation is 2. The highest BCUT2D eigenvalue weighted by atomic mass is 32.2. The Morgan fingerprint density at radius 1 is 1.40 bits per heavy atom. The van der Waals surface area contributed by atoms with Crippen molar-refractivity contribution in [3.63, 3.8) is 0 Å². The molecule has 1 aromatic carbocycles. The fraction of sp³-hybridized carbons (Fsp3) is 0.438. The summed E-state index contributed by atoms with van der Waals surface area (Å²) in [4.78, 5) is -0.0165. The summed E-state index contributed by atoms with van der Waals surface area (Å²) in [5.74, 6) is 0.526. The highest BCUT2D eigenvalue weighted by Gasteiger charge is 2.34. The molecule has 8 nitrogen and oxygen atoms in total. The first-order chi connectivity index (χ1) is 12.0. The van der Waals surface area contributed by atoms with Crippen LogP contribution >= 0.6 is 0 Å². The lowest BCUT2D eigenvalue weighted by molar-refractivity contribution is 0.192. The van der Waals surface area contributed by atoms with E-state index in [-0.39, 0.29) is 37.1 Å². The Hall–Kier alpha value is -2.26. The topological polar surface area (TPSA) is 93.9 Å². The Labute approximate surface area is 146 Å². The van der Waals surface area contributed by atoms with Crippen molar-refractivity contribution >= 4 is 15.7 Å². The minimum atomic E-state index is -3.88. The van der Waals surface area contributed by atoms with Gasteiger partial charge in [-0.25, -0.2) is 8.42 Å². The van der Waals surface area contributed by atoms with E-state index in [1.165, 1.54) is 15.2 Å². The fourth-order valence-corrected chi connectivity index (χ4v) is 4.17. The number of aliphatic hydroxyl groups excluding tert-OH is 1.